The largest absolute Gasteiger partial charge is 0.469 e. The first-order chi connectivity index (χ1) is 13.0. The molecule has 2 aliphatic heterocycles. The summed E-state index contributed by atoms with van der Waals surface area (Å²) in [4.78, 5) is 40.5. The van der Waals surface area contributed by atoms with Gasteiger partial charge in [0.05, 0.1) is 11.7 Å². The van der Waals surface area contributed by atoms with Crippen molar-refractivity contribution in [3.05, 3.63) is 54.0 Å². The van der Waals surface area contributed by atoms with Crippen LogP contribution < -0.4 is 10.6 Å². The number of aryl methyl sites for hydroxylation is 1. The van der Waals surface area contributed by atoms with E-state index in [1.165, 1.54) is 4.90 Å². The Bertz CT molecular complexity index is 892. The fraction of sp³-hybridized carbons (Fsp3) is 0.350. The Labute approximate surface area is 156 Å². The summed E-state index contributed by atoms with van der Waals surface area (Å²) in [5.74, 6) is 0.0671. The van der Waals surface area contributed by atoms with Crippen molar-refractivity contribution in [1.29, 1.82) is 0 Å². The molecule has 3 amide bonds. The van der Waals surface area contributed by atoms with Gasteiger partial charge in [0.25, 0.3) is 0 Å². The Morgan fingerprint density at radius 3 is 2.74 bits per heavy atom. The maximum absolute atomic E-state index is 13.2. The van der Waals surface area contributed by atoms with E-state index in [9.17, 15) is 14.4 Å². The van der Waals surface area contributed by atoms with E-state index in [-0.39, 0.29) is 18.4 Å². The van der Waals surface area contributed by atoms with Gasteiger partial charge in [0.2, 0.25) is 17.7 Å². The number of carbonyl (C=O) groups excluding carboxylic acids is 3. The van der Waals surface area contributed by atoms with Gasteiger partial charge >= 0.3 is 0 Å². The summed E-state index contributed by atoms with van der Waals surface area (Å²) in [5, 5.41) is 0. The van der Waals surface area contributed by atoms with Crippen molar-refractivity contribution in [2.24, 2.45) is 5.73 Å². The molecule has 0 bridgehead atoms. The molecule has 4 rings (SSSR count). The molecule has 7 heteroatoms. The van der Waals surface area contributed by atoms with Crippen LogP contribution in [0.3, 0.4) is 0 Å². The van der Waals surface area contributed by atoms with Gasteiger partial charge in [-0.3, -0.25) is 14.4 Å². The van der Waals surface area contributed by atoms with Crippen LogP contribution in [0.5, 0.6) is 0 Å². The van der Waals surface area contributed by atoms with Crippen LogP contribution in [0.15, 0.2) is 47.1 Å². The summed E-state index contributed by atoms with van der Waals surface area (Å²) in [6.45, 7) is 0.695. The molecule has 1 aromatic carbocycles. The second-order valence-corrected chi connectivity index (χ2v) is 7.10. The van der Waals surface area contributed by atoms with Crippen LogP contribution >= 0.6 is 0 Å². The average Bonchev–Trinajstić information content (AvgIpc) is 3.37. The molecule has 27 heavy (non-hydrogen) atoms. The smallest absolute Gasteiger partial charge is 0.240 e. The first kappa shape index (κ1) is 17.3. The first-order valence-corrected chi connectivity index (χ1v) is 9.01. The Kier molecular flexibility index (Phi) is 4.22. The number of furan rings is 1. The predicted molar refractivity (Wildman–Crippen MR) is 97.9 cm³/mol. The van der Waals surface area contributed by atoms with E-state index in [1.54, 1.807) is 17.2 Å². The number of hydrogen-bond donors (Lipinski definition) is 1. The monoisotopic (exact) mass is 367 g/mol. The average molecular weight is 367 g/mol. The molecule has 140 valence electrons. The normalized spacial score (nSPS) is 21.1. The Hall–Kier alpha value is -3.09. The van der Waals surface area contributed by atoms with E-state index in [1.807, 2.05) is 30.3 Å². The molecular formula is C20H21N3O4. The molecule has 3 heterocycles. The highest BCUT2D eigenvalue weighted by Gasteiger charge is 2.55. The van der Waals surface area contributed by atoms with Gasteiger partial charge in [0.15, 0.2) is 0 Å². The van der Waals surface area contributed by atoms with Crippen LogP contribution in [0.1, 0.15) is 24.2 Å². The summed E-state index contributed by atoms with van der Waals surface area (Å²) in [6, 6.07) is 11.1. The third-order valence-electron chi connectivity index (χ3n) is 5.47. The van der Waals surface area contributed by atoms with E-state index in [0.717, 1.165) is 11.3 Å². The molecule has 1 fully saturated rings. The van der Waals surface area contributed by atoms with Crippen LogP contribution in [0.4, 0.5) is 5.69 Å². The lowest BCUT2D eigenvalue weighted by Crippen LogP contribution is -2.45. The van der Waals surface area contributed by atoms with Crippen molar-refractivity contribution < 1.29 is 18.8 Å². The van der Waals surface area contributed by atoms with E-state index in [4.69, 9.17) is 10.2 Å². The Balaban J connectivity index is 1.54. The number of nitrogens with two attached hydrogens (primary N) is 1. The van der Waals surface area contributed by atoms with Crippen molar-refractivity contribution in [1.82, 2.24) is 4.90 Å². The zero-order valence-electron chi connectivity index (χ0n) is 14.9. The van der Waals surface area contributed by atoms with E-state index >= 15 is 0 Å². The van der Waals surface area contributed by atoms with Crippen LogP contribution in [-0.2, 0) is 26.2 Å². The summed E-state index contributed by atoms with van der Waals surface area (Å²) >= 11 is 0. The SMILES string of the molecule is NC(=O)CN1C(=O)C2(CCN(C(=O)CCc3ccco3)C2)c2ccccc21. The van der Waals surface area contributed by atoms with Crippen molar-refractivity contribution in [3.8, 4) is 0 Å². The molecule has 1 atom stereocenters. The van der Waals surface area contributed by atoms with Gasteiger partial charge in [-0.2, -0.15) is 0 Å². The third kappa shape index (κ3) is 2.89. The van der Waals surface area contributed by atoms with Crippen LogP contribution in [-0.4, -0.2) is 42.3 Å². The van der Waals surface area contributed by atoms with Gasteiger partial charge in [0, 0.05) is 31.6 Å². The number of rotatable bonds is 5. The van der Waals surface area contributed by atoms with Gasteiger partial charge < -0.3 is 20.0 Å². The zero-order chi connectivity index (χ0) is 19.0. The third-order valence-corrected chi connectivity index (χ3v) is 5.47. The number of para-hydroxylation sites is 1. The fourth-order valence-corrected chi connectivity index (χ4v) is 4.17. The molecule has 2 N–H and O–H groups in total. The lowest BCUT2D eigenvalue weighted by Gasteiger charge is -2.24. The second kappa shape index (κ2) is 6.57. The van der Waals surface area contributed by atoms with Gasteiger partial charge in [-0.05, 0) is 30.2 Å². The minimum absolute atomic E-state index is 0.00177. The van der Waals surface area contributed by atoms with Crippen molar-refractivity contribution in [2.45, 2.75) is 24.7 Å². The summed E-state index contributed by atoms with van der Waals surface area (Å²) in [7, 11) is 0. The number of anilines is 1. The Morgan fingerprint density at radius 1 is 1.19 bits per heavy atom. The fourth-order valence-electron chi connectivity index (χ4n) is 4.17. The van der Waals surface area contributed by atoms with Gasteiger partial charge in [-0.25, -0.2) is 0 Å². The quantitative estimate of drug-likeness (QED) is 0.859. The highest BCUT2D eigenvalue weighted by Crippen LogP contribution is 2.47. The molecule has 7 nitrogen and oxygen atoms in total. The molecule has 1 aromatic heterocycles. The number of nitrogens with zero attached hydrogens (tertiary/aromatic N) is 2. The maximum atomic E-state index is 13.2. The lowest BCUT2D eigenvalue weighted by molar-refractivity contribution is -0.131. The molecule has 2 aliphatic rings. The highest BCUT2D eigenvalue weighted by molar-refractivity contribution is 6.11. The number of benzene rings is 1. The molecule has 1 spiro atoms. The van der Waals surface area contributed by atoms with Gasteiger partial charge in [-0.1, -0.05) is 18.2 Å². The molecule has 2 aromatic rings. The summed E-state index contributed by atoms with van der Waals surface area (Å²) < 4.78 is 5.28. The van der Waals surface area contributed by atoms with Crippen LogP contribution in [0.25, 0.3) is 0 Å². The van der Waals surface area contributed by atoms with E-state index in [0.29, 0.717) is 38.0 Å². The highest BCUT2D eigenvalue weighted by atomic mass is 16.3. The molecule has 1 unspecified atom stereocenters. The van der Waals surface area contributed by atoms with Gasteiger partial charge in [-0.15, -0.1) is 0 Å². The first-order valence-electron chi connectivity index (χ1n) is 9.01. The molecule has 1 saturated heterocycles. The molecule has 0 saturated carbocycles. The number of carbonyl (C=O) groups is 3. The zero-order valence-corrected chi connectivity index (χ0v) is 14.9. The maximum Gasteiger partial charge on any atom is 0.240 e. The number of amides is 3. The number of hydrogen-bond acceptors (Lipinski definition) is 4. The molecular weight excluding hydrogens is 346 g/mol. The Morgan fingerprint density at radius 2 is 2.00 bits per heavy atom. The minimum Gasteiger partial charge on any atom is -0.469 e. The minimum atomic E-state index is -0.785. The van der Waals surface area contributed by atoms with Gasteiger partial charge in [0.1, 0.15) is 12.3 Å². The molecule has 0 radical (unpaired) electrons. The molecule has 0 aliphatic carbocycles. The van der Waals surface area contributed by atoms with Crippen molar-refractivity contribution >= 4 is 23.4 Å². The number of likely N-dealkylation sites (tertiary alicyclic amines) is 1. The number of fused-ring (bicyclic) bond motifs is 2. The summed E-state index contributed by atoms with van der Waals surface area (Å²) in [5.41, 5.74) is 6.14. The lowest BCUT2D eigenvalue weighted by atomic mass is 9.81. The van der Waals surface area contributed by atoms with E-state index in [2.05, 4.69) is 0 Å². The summed E-state index contributed by atoms with van der Waals surface area (Å²) in [6.07, 6.45) is 3.01. The van der Waals surface area contributed by atoms with Crippen LogP contribution in [0, 0.1) is 0 Å². The standard InChI is InChI=1S/C20H21N3O4/c21-17(24)12-23-16-6-2-1-5-15(16)20(19(23)26)9-10-22(13-20)18(25)8-7-14-4-3-11-27-14/h1-6,11H,7-10,12-13H2,(H2,21,24). The second-order valence-electron chi connectivity index (χ2n) is 7.10. The van der Waals surface area contributed by atoms with Crippen molar-refractivity contribution in [2.75, 3.05) is 24.5 Å². The van der Waals surface area contributed by atoms with E-state index < -0.39 is 11.3 Å². The predicted octanol–water partition coefficient (Wildman–Crippen LogP) is 1.21. The topological polar surface area (TPSA) is 96.9 Å². The van der Waals surface area contributed by atoms with Crippen molar-refractivity contribution in [3.63, 3.8) is 0 Å². The number of primary amides is 1. The van der Waals surface area contributed by atoms with Crippen LogP contribution in [0.2, 0.25) is 0 Å².